The summed E-state index contributed by atoms with van der Waals surface area (Å²) in [5, 5.41) is 4.19. The number of aryl methyl sites for hydroxylation is 2. The van der Waals surface area contributed by atoms with Crippen LogP contribution in [0.1, 0.15) is 34.5 Å². The van der Waals surface area contributed by atoms with Crippen molar-refractivity contribution >= 4 is 16.8 Å². The molecule has 0 saturated carbocycles. The third kappa shape index (κ3) is 2.00. The molecule has 1 aromatic carbocycles. The summed E-state index contributed by atoms with van der Waals surface area (Å²) in [6.07, 6.45) is 4.28. The van der Waals surface area contributed by atoms with Gasteiger partial charge in [0.1, 0.15) is 0 Å². The van der Waals surface area contributed by atoms with Crippen LogP contribution in [0.15, 0.2) is 18.2 Å². The standard InChI is InChI=1S/C16H21N3O/c1-19-14-8-3-5-11(14)12-6-2-7-13(15(12)19)16(20)18-10-4-9-17/h2,6-7H,3-5,8-10,17H2,1H3,(H,18,20). The molecule has 1 amide bonds. The summed E-state index contributed by atoms with van der Waals surface area (Å²) in [7, 11) is 2.07. The summed E-state index contributed by atoms with van der Waals surface area (Å²) in [4.78, 5) is 12.3. The van der Waals surface area contributed by atoms with Gasteiger partial charge in [0, 0.05) is 24.7 Å². The number of para-hydroxylation sites is 1. The first-order chi connectivity index (χ1) is 9.74. The minimum absolute atomic E-state index is 0.00308. The summed E-state index contributed by atoms with van der Waals surface area (Å²) in [5.74, 6) is 0.00308. The van der Waals surface area contributed by atoms with E-state index in [1.54, 1.807) is 0 Å². The van der Waals surface area contributed by atoms with Crippen LogP contribution in [-0.4, -0.2) is 23.6 Å². The van der Waals surface area contributed by atoms with Gasteiger partial charge < -0.3 is 15.6 Å². The summed E-state index contributed by atoms with van der Waals surface area (Å²) in [6.45, 7) is 1.23. The lowest BCUT2D eigenvalue weighted by Gasteiger charge is -2.08. The maximum Gasteiger partial charge on any atom is 0.253 e. The molecule has 0 saturated heterocycles. The summed E-state index contributed by atoms with van der Waals surface area (Å²) >= 11 is 0. The Morgan fingerprint density at radius 1 is 1.40 bits per heavy atom. The van der Waals surface area contributed by atoms with Gasteiger partial charge in [-0.15, -0.1) is 0 Å². The molecule has 1 aliphatic rings. The van der Waals surface area contributed by atoms with Gasteiger partial charge in [-0.05, 0) is 43.9 Å². The zero-order valence-corrected chi connectivity index (χ0v) is 11.9. The second kappa shape index (κ2) is 5.29. The van der Waals surface area contributed by atoms with Gasteiger partial charge in [0.2, 0.25) is 0 Å². The second-order valence-electron chi connectivity index (χ2n) is 5.44. The Morgan fingerprint density at radius 3 is 3.05 bits per heavy atom. The normalized spacial score (nSPS) is 13.7. The van der Waals surface area contributed by atoms with Gasteiger partial charge in [0.25, 0.3) is 5.91 Å². The zero-order valence-electron chi connectivity index (χ0n) is 11.9. The minimum atomic E-state index is 0.00308. The van der Waals surface area contributed by atoms with Crippen LogP contribution >= 0.6 is 0 Å². The SMILES string of the molecule is Cn1c2c(c3cccc(C(=O)NCCCN)c31)CCC2. The molecule has 0 atom stereocenters. The van der Waals surface area contributed by atoms with Crippen LogP contribution in [-0.2, 0) is 19.9 Å². The molecule has 1 heterocycles. The van der Waals surface area contributed by atoms with Crippen LogP contribution in [0.5, 0.6) is 0 Å². The van der Waals surface area contributed by atoms with Gasteiger partial charge in [-0.2, -0.15) is 0 Å². The maximum atomic E-state index is 12.3. The van der Waals surface area contributed by atoms with E-state index in [1.165, 1.54) is 23.1 Å². The first kappa shape index (κ1) is 13.2. The van der Waals surface area contributed by atoms with Crippen molar-refractivity contribution in [3.8, 4) is 0 Å². The number of nitrogens with one attached hydrogen (secondary N) is 1. The summed E-state index contributed by atoms with van der Waals surface area (Å²) in [6, 6.07) is 6.03. The Hall–Kier alpha value is -1.81. The highest BCUT2D eigenvalue weighted by molar-refractivity contribution is 6.07. The fraction of sp³-hybridized carbons (Fsp3) is 0.438. The van der Waals surface area contributed by atoms with Crippen LogP contribution in [0.4, 0.5) is 0 Å². The van der Waals surface area contributed by atoms with Gasteiger partial charge in [-0.1, -0.05) is 12.1 Å². The average Bonchev–Trinajstić information content (AvgIpc) is 3.03. The van der Waals surface area contributed by atoms with E-state index < -0.39 is 0 Å². The number of carbonyl (C=O) groups excluding carboxylic acids is 1. The number of amides is 1. The predicted molar refractivity (Wildman–Crippen MR) is 80.9 cm³/mol. The molecule has 20 heavy (non-hydrogen) atoms. The molecule has 0 fully saturated rings. The maximum absolute atomic E-state index is 12.3. The van der Waals surface area contributed by atoms with Crippen LogP contribution in [0.25, 0.3) is 10.9 Å². The number of rotatable bonds is 4. The molecule has 0 aliphatic heterocycles. The molecule has 0 unspecified atom stereocenters. The van der Waals surface area contributed by atoms with Crippen LogP contribution in [0.2, 0.25) is 0 Å². The Kier molecular flexibility index (Phi) is 3.49. The van der Waals surface area contributed by atoms with Crippen molar-refractivity contribution in [2.24, 2.45) is 12.8 Å². The average molecular weight is 271 g/mol. The summed E-state index contributed by atoms with van der Waals surface area (Å²) in [5.41, 5.74) is 10.1. The lowest BCUT2D eigenvalue weighted by Crippen LogP contribution is -2.26. The molecule has 106 valence electrons. The summed E-state index contributed by atoms with van der Waals surface area (Å²) < 4.78 is 2.20. The molecule has 4 heteroatoms. The van der Waals surface area contributed by atoms with Gasteiger partial charge in [0.15, 0.2) is 0 Å². The lowest BCUT2D eigenvalue weighted by molar-refractivity contribution is 0.0955. The third-order valence-electron chi connectivity index (χ3n) is 4.20. The molecular weight excluding hydrogens is 250 g/mol. The van der Waals surface area contributed by atoms with Crippen molar-refractivity contribution in [1.29, 1.82) is 0 Å². The van der Waals surface area contributed by atoms with Crippen molar-refractivity contribution in [2.45, 2.75) is 25.7 Å². The number of nitrogens with zero attached hydrogens (tertiary/aromatic N) is 1. The van der Waals surface area contributed by atoms with Crippen molar-refractivity contribution < 1.29 is 4.79 Å². The van der Waals surface area contributed by atoms with E-state index in [2.05, 4.69) is 23.0 Å². The minimum Gasteiger partial charge on any atom is -0.352 e. The van der Waals surface area contributed by atoms with E-state index in [-0.39, 0.29) is 5.91 Å². The quantitative estimate of drug-likeness (QED) is 0.832. The highest BCUT2D eigenvalue weighted by Crippen LogP contribution is 2.33. The number of nitrogens with two attached hydrogens (primary N) is 1. The van der Waals surface area contributed by atoms with E-state index in [0.717, 1.165) is 30.3 Å². The van der Waals surface area contributed by atoms with Crippen molar-refractivity contribution in [1.82, 2.24) is 9.88 Å². The highest BCUT2D eigenvalue weighted by atomic mass is 16.1. The Labute approximate surface area is 118 Å². The molecular formula is C16H21N3O. The molecule has 3 N–H and O–H groups in total. The largest absolute Gasteiger partial charge is 0.352 e. The first-order valence-electron chi connectivity index (χ1n) is 7.31. The topological polar surface area (TPSA) is 60.0 Å². The number of carbonyl (C=O) groups is 1. The third-order valence-corrected chi connectivity index (χ3v) is 4.20. The van der Waals surface area contributed by atoms with Gasteiger partial charge in [-0.25, -0.2) is 0 Å². The van der Waals surface area contributed by atoms with E-state index in [4.69, 9.17) is 5.73 Å². The molecule has 2 aromatic rings. The number of benzene rings is 1. The fourth-order valence-corrected chi connectivity index (χ4v) is 3.25. The molecule has 0 bridgehead atoms. The number of hydrogen-bond donors (Lipinski definition) is 2. The molecule has 4 nitrogen and oxygen atoms in total. The highest BCUT2D eigenvalue weighted by Gasteiger charge is 2.22. The second-order valence-corrected chi connectivity index (χ2v) is 5.44. The van der Waals surface area contributed by atoms with Gasteiger partial charge in [0.05, 0.1) is 11.1 Å². The van der Waals surface area contributed by atoms with Gasteiger partial charge in [-0.3, -0.25) is 4.79 Å². The monoisotopic (exact) mass is 271 g/mol. The van der Waals surface area contributed by atoms with Crippen LogP contribution < -0.4 is 11.1 Å². The molecule has 0 spiro atoms. The van der Waals surface area contributed by atoms with E-state index in [1.807, 2.05) is 12.1 Å². The molecule has 3 rings (SSSR count). The van der Waals surface area contributed by atoms with Crippen molar-refractivity contribution in [2.75, 3.05) is 13.1 Å². The van der Waals surface area contributed by atoms with Crippen molar-refractivity contribution in [3.63, 3.8) is 0 Å². The number of hydrogen-bond acceptors (Lipinski definition) is 2. The Bertz CT molecular complexity index is 657. The van der Waals surface area contributed by atoms with Gasteiger partial charge >= 0.3 is 0 Å². The van der Waals surface area contributed by atoms with E-state index in [9.17, 15) is 4.79 Å². The van der Waals surface area contributed by atoms with Crippen LogP contribution in [0, 0.1) is 0 Å². The molecule has 1 aromatic heterocycles. The smallest absolute Gasteiger partial charge is 0.253 e. The molecule has 1 aliphatic carbocycles. The van der Waals surface area contributed by atoms with Crippen LogP contribution in [0.3, 0.4) is 0 Å². The first-order valence-corrected chi connectivity index (χ1v) is 7.31. The number of fused-ring (bicyclic) bond motifs is 3. The zero-order chi connectivity index (χ0) is 14.1. The molecule has 0 radical (unpaired) electrons. The number of aromatic nitrogens is 1. The Balaban J connectivity index is 2.02. The lowest BCUT2D eigenvalue weighted by atomic mass is 10.1. The Morgan fingerprint density at radius 2 is 2.25 bits per heavy atom. The fourth-order valence-electron chi connectivity index (χ4n) is 3.25. The van der Waals surface area contributed by atoms with E-state index in [0.29, 0.717) is 13.1 Å². The predicted octanol–water partition coefficient (Wildman–Crippen LogP) is 1.75. The van der Waals surface area contributed by atoms with Crippen molar-refractivity contribution in [3.05, 3.63) is 35.0 Å². The van der Waals surface area contributed by atoms with E-state index >= 15 is 0 Å².